The second-order valence-corrected chi connectivity index (χ2v) is 8.46. The lowest BCUT2D eigenvalue weighted by Crippen LogP contribution is -2.36. The van der Waals surface area contributed by atoms with E-state index in [0.717, 1.165) is 62.9 Å². The minimum absolute atomic E-state index is 0.159. The van der Waals surface area contributed by atoms with Gasteiger partial charge in [-0.25, -0.2) is 9.07 Å². The first-order chi connectivity index (χ1) is 13.6. The summed E-state index contributed by atoms with van der Waals surface area (Å²) in [4.78, 5) is 15.2. The number of aromatic nitrogens is 3. The van der Waals surface area contributed by atoms with Crippen molar-refractivity contribution in [1.82, 2.24) is 20.3 Å². The predicted octanol–water partition coefficient (Wildman–Crippen LogP) is 3.12. The van der Waals surface area contributed by atoms with Crippen molar-refractivity contribution >= 4 is 11.6 Å². The fraction of sp³-hybridized carbons (Fsp3) is 0.571. The number of fused-ring (bicyclic) bond motifs is 2. The van der Waals surface area contributed by atoms with Gasteiger partial charge in [-0.2, -0.15) is 0 Å². The standard InChI is InChI=1S/C21H26FN5O/c1-14-19(24-25-27(14)15-7-11-23-12-8-15)20(28)26-13-21(9-2-3-10-21)18-16(22)5-4-6-17(18)26/h4-6,15,23H,2-3,7-13H2,1H3. The van der Waals surface area contributed by atoms with Crippen LogP contribution in [-0.2, 0) is 5.41 Å². The molecular formula is C21H26FN5O. The Bertz CT molecular complexity index is 912. The monoisotopic (exact) mass is 383 g/mol. The lowest BCUT2D eigenvalue weighted by molar-refractivity contribution is 0.0979. The summed E-state index contributed by atoms with van der Waals surface area (Å²) in [5.74, 6) is -0.349. The summed E-state index contributed by atoms with van der Waals surface area (Å²) in [7, 11) is 0. The molecule has 0 atom stereocenters. The van der Waals surface area contributed by atoms with Crippen molar-refractivity contribution in [3.8, 4) is 0 Å². The number of hydrogen-bond acceptors (Lipinski definition) is 4. The third kappa shape index (κ3) is 2.59. The molecule has 28 heavy (non-hydrogen) atoms. The zero-order valence-corrected chi connectivity index (χ0v) is 16.2. The Hall–Kier alpha value is -2.28. The lowest BCUT2D eigenvalue weighted by atomic mass is 9.80. The van der Waals surface area contributed by atoms with Crippen molar-refractivity contribution in [2.45, 2.75) is 56.9 Å². The van der Waals surface area contributed by atoms with Crippen LogP contribution in [0.3, 0.4) is 0 Å². The molecule has 1 amide bonds. The van der Waals surface area contributed by atoms with Crippen molar-refractivity contribution in [3.63, 3.8) is 0 Å². The first-order valence-electron chi connectivity index (χ1n) is 10.3. The van der Waals surface area contributed by atoms with Crippen molar-refractivity contribution < 1.29 is 9.18 Å². The van der Waals surface area contributed by atoms with E-state index in [0.29, 0.717) is 17.9 Å². The fourth-order valence-electron chi connectivity index (χ4n) is 5.44. The molecule has 6 nitrogen and oxygen atoms in total. The molecule has 1 saturated heterocycles. The van der Waals surface area contributed by atoms with Gasteiger partial charge < -0.3 is 10.2 Å². The van der Waals surface area contributed by atoms with Crippen LogP contribution in [0.4, 0.5) is 10.1 Å². The quantitative estimate of drug-likeness (QED) is 0.866. The van der Waals surface area contributed by atoms with E-state index in [9.17, 15) is 9.18 Å². The number of carbonyl (C=O) groups is 1. The maximum Gasteiger partial charge on any atom is 0.280 e. The number of rotatable bonds is 2. The van der Waals surface area contributed by atoms with Crippen LogP contribution in [-0.4, -0.2) is 40.5 Å². The molecule has 3 heterocycles. The van der Waals surface area contributed by atoms with Gasteiger partial charge in [-0.3, -0.25) is 4.79 Å². The SMILES string of the molecule is Cc1c(C(=O)N2CC3(CCCC3)c3c(F)cccc32)nnn1C1CCNCC1. The number of nitrogens with zero attached hydrogens (tertiary/aromatic N) is 4. The van der Waals surface area contributed by atoms with E-state index < -0.39 is 0 Å². The number of piperidine rings is 1. The van der Waals surface area contributed by atoms with E-state index in [1.165, 1.54) is 6.07 Å². The second kappa shape index (κ2) is 6.65. The zero-order valence-electron chi connectivity index (χ0n) is 16.2. The van der Waals surface area contributed by atoms with E-state index >= 15 is 0 Å². The average molecular weight is 383 g/mol. The number of halogens is 1. The average Bonchev–Trinajstić information content (AvgIpc) is 3.41. The first kappa shape index (κ1) is 17.8. The van der Waals surface area contributed by atoms with Crippen LogP contribution in [0.5, 0.6) is 0 Å². The van der Waals surface area contributed by atoms with Gasteiger partial charge in [0, 0.05) is 17.5 Å². The highest BCUT2D eigenvalue weighted by molar-refractivity contribution is 6.07. The Morgan fingerprint density at radius 1 is 1.25 bits per heavy atom. The maximum absolute atomic E-state index is 14.8. The van der Waals surface area contributed by atoms with E-state index in [1.807, 2.05) is 17.7 Å². The first-order valence-corrected chi connectivity index (χ1v) is 10.3. The molecule has 0 bridgehead atoms. The molecule has 0 unspecified atom stereocenters. The van der Waals surface area contributed by atoms with Gasteiger partial charge in [-0.15, -0.1) is 5.10 Å². The lowest BCUT2D eigenvalue weighted by Gasteiger charge is -2.25. The van der Waals surface area contributed by atoms with Crippen LogP contribution < -0.4 is 10.2 Å². The summed E-state index contributed by atoms with van der Waals surface area (Å²) < 4.78 is 16.7. The summed E-state index contributed by atoms with van der Waals surface area (Å²) in [6, 6.07) is 5.36. The van der Waals surface area contributed by atoms with Crippen LogP contribution >= 0.6 is 0 Å². The number of carbonyl (C=O) groups excluding carboxylic acids is 1. The number of benzene rings is 1. The van der Waals surface area contributed by atoms with Gasteiger partial charge in [0.25, 0.3) is 5.91 Å². The molecule has 7 heteroatoms. The molecule has 1 spiro atoms. The molecule has 1 aromatic heterocycles. The van der Waals surface area contributed by atoms with Crippen LogP contribution in [0.15, 0.2) is 18.2 Å². The topological polar surface area (TPSA) is 63.1 Å². The molecule has 0 radical (unpaired) electrons. The van der Waals surface area contributed by atoms with E-state index in [-0.39, 0.29) is 23.2 Å². The van der Waals surface area contributed by atoms with Gasteiger partial charge >= 0.3 is 0 Å². The summed E-state index contributed by atoms with van der Waals surface area (Å²) in [6.07, 6.45) is 6.01. The maximum atomic E-state index is 14.8. The minimum Gasteiger partial charge on any atom is -0.317 e. The molecular weight excluding hydrogens is 357 g/mol. The van der Waals surface area contributed by atoms with Gasteiger partial charge in [-0.1, -0.05) is 24.1 Å². The van der Waals surface area contributed by atoms with Crippen molar-refractivity contribution in [2.75, 3.05) is 24.5 Å². The van der Waals surface area contributed by atoms with Gasteiger partial charge in [0.05, 0.1) is 17.4 Å². The third-order valence-electron chi connectivity index (χ3n) is 6.86. The molecule has 2 fully saturated rings. The predicted molar refractivity (Wildman–Crippen MR) is 104 cm³/mol. The van der Waals surface area contributed by atoms with E-state index in [4.69, 9.17) is 0 Å². The molecule has 1 saturated carbocycles. The smallest absolute Gasteiger partial charge is 0.280 e. The third-order valence-corrected chi connectivity index (χ3v) is 6.86. The fourth-order valence-corrected chi connectivity index (χ4v) is 5.44. The molecule has 5 rings (SSSR count). The molecule has 2 aromatic rings. The number of hydrogen-bond donors (Lipinski definition) is 1. The highest BCUT2D eigenvalue weighted by Gasteiger charge is 2.48. The second-order valence-electron chi connectivity index (χ2n) is 8.46. The Kier molecular flexibility index (Phi) is 4.23. The Labute approximate surface area is 164 Å². The molecule has 1 N–H and O–H groups in total. The normalized spacial score (nSPS) is 21.4. The van der Waals surface area contributed by atoms with Crippen LogP contribution in [0.25, 0.3) is 0 Å². The van der Waals surface area contributed by atoms with Gasteiger partial charge in [0.2, 0.25) is 0 Å². The van der Waals surface area contributed by atoms with Gasteiger partial charge in [-0.05, 0) is 57.8 Å². The molecule has 148 valence electrons. The van der Waals surface area contributed by atoms with Crippen LogP contribution in [0.1, 0.15) is 66.3 Å². The summed E-state index contributed by atoms with van der Waals surface area (Å²) >= 11 is 0. The molecule has 1 aromatic carbocycles. The Balaban J connectivity index is 1.50. The minimum atomic E-state index is -0.241. The van der Waals surface area contributed by atoms with E-state index in [1.54, 1.807) is 11.0 Å². The van der Waals surface area contributed by atoms with Crippen molar-refractivity contribution in [1.29, 1.82) is 0 Å². The summed E-state index contributed by atoms with van der Waals surface area (Å²) in [5, 5.41) is 11.9. The van der Waals surface area contributed by atoms with Crippen molar-refractivity contribution in [3.05, 3.63) is 41.0 Å². The van der Waals surface area contributed by atoms with Gasteiger partial charge in [0.1, 0.15) is 5.82 Å². The number of anilines is 1. The number of amides is 1. The van der Waals surface area contributed by atoms with Gasteiger partial charge in [0.15, 0.2) is 5.69 Å². The largest absolute Gasteiger partial charge is 0.317 e. The highest BCUT2D eigenvalue weighted by atomic mass is 19.1. The summed E-state index contributed by atoms with van der Waals surface area (Å²) in [5.41, 5.74) is 2.40. The molecule has 3 aliphatic rings. The summed E-state index contributed by atoms with van der Waals surface area (Å²) in [6.45, 7) is 4.37. The zero-order chi connectivity index (χ0) is 19.3. The molecule has 1 aliphatic carbocycles. The Morgan fingerprint density at radius 2 is 2.00 bits per heavy atom. The highest BCUT2D eigenvalue weighted by Crippen LogP contribution is 2.51. The Morgan fingerprint density at radius 3 is 2.75 bits per heavy atom. The molecule has 2 aliphatic heterocycles. The van der Waals surface area contributed by atoms with E-state index in [2.05, 4.69) is 15.6 Å². The van der Waals surface area contributed by atoms with Crippen LogP contribution in [0, 0.1) is 12.7 Å². The van der Waals surface area contributed by atoms with Crippen molar-refractivity contribution in [2.24, 2.45) is 0 Å². The number of nitrogens with one attached hydrogen (secondary N) is 1. The van der Waals surface area contributed by atoms with Crippen LogP contribution in [0.2, 0.25) is 0 Å².